The average Bonchev–Trinajstić information content (AvgIpc) is 3.15. The van der Waals surface area contributed by atoms with Crippen LogP contribution < -0.4 is 16.3 Å². The smallest absolute Gasteiger partial charge is 0.407 e. The second-order valence-corrected chi connectivity index (χ2v) is 7.58. The molecule has 1 aliphatic heterocycles. The maximum absolute atomic E-state index is 11.2. The quantitative estimate of drug-likeness (QED) is 0.509. The number of amides is 2. The van der Waals surface area contributed by atoms with Crippen LogP contribution in [0.4, 0.5) is 10.6 Å². The minimum absolute atomic E-state index is 0.0278. The van der Waals surface area contributed by atoms with E-state index >= 15 is 0 Å². The van der Waals surface area contributed by atoms with Gasteiger partial charge < -0.3 is 30.0 Å². The van der Waals surface area contributed by atoms with Gasteiger partial charge in [0.15, 0.2) is 6.29 Å². The fourth-order valence-electron chi connectivity index (χ4n) is 1.69. The fraction of sp³-hybridized carbons (Fsp3) is 0.684. The van der Waals surface area contributed by atoms with Crippen LogP contribution in [-0.2, 0) is 19.0 Å². The first-order chi connectivity index (χ1) is 14.0. The Morgan fingerprint density at radius 1 is 1.37 bits per heavy atom. The molecule has 0 spiro atoms. The number of carbonyl (C=O) groups is 2. The highest BCUT2D eigenvalue weighted by molar-refractivity contribution is 5.68. The Morgan fingerprint density at radius 3 is 2.37 bits per heavy atom. The number of hydrogen-bond donors (Lipinski definition) is 4. The number of hydrogen-bond acceptors (Lipinski definition) is 8. The molecule has 0 aliphatic carbocycles. The Morgan fingerprint density at radius 2 is 1.97 bits per heavy atom. The number of aliphatic hydroxyl groups is 1. The van der Waals surface area contributed by atoms with Crippen LogP contribution in [-0.4, -0.2) is 65.3 Å². The molecule has 0 aromatic carbocycles. The number of nitrogens with zero attached hydrogens (tertiary/aromatic N) is 1. The van der Waals surface area contributed by atoms with Gasteiger partial charge in [0, 0.05) is 12.2 Å². The van der Waals surface area contributed by atoms with E-state index in [0.29, 0.717) is 31.4 Å². The number of aromatic nitrogens is 2. The van der Waals surface area contributed by atoms with Gasteiger partial charge in [-0.25, -0.2) is 14.6 Å². The van der Waals surface area contributed by atoms with Crippen LogP contribution in [0.5, 0.6) is 0 Å². The molecule has 0 bridgehead atoms. The first kappa shape index (κ1) is 27.5. The summed E-state index contributed by atoms with van der Waals surface area (Å²) in [6.45, 7) is 12.8. The number of aliphatic hydroxyl groups excluding tert-OH is 1. The summed E-state index contributed by atoms with van der Waals surface area (Å²) >= 11 is 0. The lowest BCUT2D eigenvalue weighted by molar-refractivity contribution is -0.105. The molecular formula is C19H34N4O7. The zero-order valence-electron chi connectivity index (χ0n) is 18.4. The number of ether oxygens (including phenoxy) is 3. The molecule has 1 unspecified atom stereocenters. The van der Waals surface area contributed by atoms with Gasteiger partial charge in [0.05, 0.1) is 19.8 Å². The lowest BCUT2D eigenvalue weighted by Gasteiger charge is -2.23. The lowest BCUT2D eigenvalue weighted by atomic mass is 10.1. The van der Waals surface area contributed by atoms with E-state index in [2.05, 4.69) is 34.4 Å². The highest BCUT2D eigenvalue weighted by Crippen LogP contribution is 2.08. The van der Waals surface area contributed by atoms with Crippen molar-refractivity contribution in [2.75, 3.05) is 25.1 Å². The Hall–Kier alpha value is -2.50. The molecule has 1 aromatic rings. The summed E-state index contributed by atoms with van der Waals surface area (Å²) in [7, 11) is 0. The number of H-pyrrole nitrogens is 1. The van der Waals surface area contributed by atoms with E-state index in [0.717, 1.165) is 0 Å². The molecule has 1 aliphatic rings. The summed E-state index contributed by atoms with van der Waals surface area (Å²) in [6.07, 6.45) is 1.10. The molecule has 1 fully saturated rings. The molecule has 2 heterocycles. The van der Waals surface area contributed by atoms with Gasteiger partial charge in [-0.2, -0.15) is 0 Å². The largest absolute Gasteiger partial charge is 0.444 e. The minimum atomic E-state index is -0.480. The predicted molar refractivity (Wildman–Crippen MR) is 111 cm³/mol. The zero-order chi connectivity index (χ0) is 23.2. The van der Waals surface area contributed by atoms with Crippen molar-refractivity contribution < 1.29 is 28.9 Å². The van der Waals surface area contributed by atoms with E-state index in [1.54, 1.807) is 0 Å². The highest BCUT2D eigenvalue weighted by Gasteiger charge is 2.18. The molecule has 1 atom stereocenters. The molecule has 0 saturated carbocycles. The van der Waals surface area contributed by atoms with Crippen LogP contribution in [0.2, 0.25) is 0 Å². The second-order valence-electron chi connectivity index (χ2n) is 7.58. The maximum Gasteiger partial charge on any atom is 0.407 e. The molecule has 2 rings (SSSR count). The fourth-order valence-corrected chi connectivity index (χ4v) is 1.69. The van der Waals surface area contributed by atoms with Gasteiger partial charge in [-0.05, 0) is 39.7 Å². The number of aromatic amines is 1. The summed E-state index contributed by atoms with van der Waals surface area (Å²) < 4.78 is 14.8. The van der Waals surface area contributed by atoms with Crippen molar-refractivity contribution in [2.45, 2.75) is 59.5 Å². The Balaban J connectivity index is 0.000000438. The molecule has 1 saturated heterocycles. The molecule has 4 N–H and O–H groups in total. The van der Waals surface area contributed by atoms with Gasteiger partial charge in [0.25, 0.3) is 0 Å². The first-order valence-corrected chi connectivity index (χ1v) is 9.57. The standard InChI is InChI=1S/C10H21NO2.C5H5N3O2.C4H8O3/c1-7(2)8(3)11-9(12)13-10(4,5)6;9-3-7-4-1-2-6-5(10)8-4;5-3-4-6-1-2-7-4/h7-8H,1-6H3,(H,11,12);1-3H,(H2,6,7,8,9,10);4-5H,1-3H2. The van der Waals surface area contributed by atoms with E-state index in [9.17, 15) is 14.4 Å². The first-order valence-electron chi connectivity index (χ1n) is 9.57. The Bertz CT molecular complexity index is 667. The summed E-state index contributed by atoms with van der Waals surface area (Å²) in [5, 5.41) is 13.4. The minimum Gasteiger partial charge on any atom is -0.444 e. The second kappa shape index (κ2) is 14.5. The van der Waals surface area contributed by atoms with Crippen LogP contribution >= 0.6 is 0 Å². The van der Waals surface area contributed by atoms with Gasteiger partial charge >= 0.3 is 11.8 Å². The van der Waals surface area contributed by atoms with E-state index in [1.165, 1.54) is 12.3 Å². The monoisotopic (exact) mass is 430 g/mol. The van der Waals surface area contributed by atoms with Crippen LogP contribution in [0.15, 0.2) is 17.1 Å². The summed E-state index contributed by atoms with van der Waals surface area (Å²) in [4.78, 5) is 37.2. The van der Waals surface area contributed by atoms with Crippen LogP contribution in [0.3, 0.4) is 0 Å². The van der Waals surface area contributed by atoms with Crippen LogP contribution in [0.25, 0.3) is 0 Å². The average molecular weight is 431 g/mol. The highest BCUT2D eigenvalue weighted by atomic mass is 16.7. The molecule has 11 heteroatoms. The van der Waals surface area contributed by atoms with Crippen molar-refractivity contribution in [3.8, 4) is 0 Å². The van der Waals surface area contributed by atoms with Gasteiger partial charge in [0.2, 0.25) is 6.41 Å². The molecule has 2 amide bonds. The SMILES string of the molecule is CC(C)C(C)NC(=O)OC(C)(C)C.O=CNc1ccnc(=O)[nH]1.OCC1OCCO1. The number of alkyl carbamates (subject to hydrolysis) is 1. The predicted octanol–water partition coefficient (Wildman–Crippen LogP) is 1.25. The molecule has 30 heavy (non-hydrogen) atoms. The Labute approximate surface area is 176 Å². The van der Waals surface area contributed by atoms with E-state index in [4.69, 9.17) is 19.3 Å². The van der Waals surface area contributed by atoms with Crippen molar-refractivity contribution in [1.29, 1.82) is 0 Å². The number of anilines is 1. The molecule has 1 aromatic heterocycles. The van der Waals surface area contributed by atoms with Gasteiger partial charge in [-0.1, -0.05) is 13.8 Å². The Kier molecular flexibility index (Phi) is 13.3. The number of nitrogens with one attached hydrogen (secondary N) is 3. The van der Waals surface area contributed by atoms with Gasteiger partial charge in [0.1, 0.15) is 11.4 Å². The third kappa shape index (κ3) is 14.5. The lowest BCUT2D eigenvalue weighted by Crippen LogP contribution is -2.39. The van der Waals surface area contributed by atoms with Crippen molar-refractivity contribution in [3.05, 3.63) is 22.7 Å². The van der Waals surface area contributed by atoms with Crippen molar-refractivity contribution in [2.24, 2.45) is 5.92 Å². The van der Waals surface area contributed by atoms with E-state index in [1.807, 2.05) is 27.7 Å². The third-order valence-electron chi connectivity index (χ3n) is 3.47. The topological polar surface area (TPSA) is 152 Å². The van der Waals surface area contributed by atoms with Crippen LogP contribution in [0, 0.1) is 5.92 Å². The normalized spacial score (nSPS) is 14.5. The summed E-state index contributed by atoms with van der Waals surface area (Å²) in [5.41, 5.74) is -0.896. The molecule has 11 nitrogen and oxygen atoms in total. The molecule has 0 radical (unpaired) electrons. The van der Waals surface area contributed by atoms with Gasteiger partial charge in [-0.3, -0.25) is 9.78 Å². The van der Waals surface area contributed by atoms with Gasteiger partial charge in [-0.15, -0.1) is 0 Å². The molecular weight excluding hydrogens is 396 g/mol. The summed E-state index contributed by atoms with van der Waals surface area (Å²) in [5.74, 6) is 0.766. The number of rotatable bonds is 5. The van der Waals surface area contributed by atoms with Crippen molar-refractivity contribution in [1.82, 2.24) is 15.3 Å². The number of carbonyl (C=O) groups excluding carboxylic acids is 2. The van der Waals surface area contributed by atoms with Crippen molar-refractivity contribution >= 4 is 18.3 Å². The molecule has 172 valence electrons. The van der Waals surface area contributed by atoms with E-state index in [-0.39, 0.29) is 25.0 Å². The maximum atomic E-state index is 11.2. The third-order valence-corrected chi connectivity index (χ3v) is 3.47. The van der Waals surface area contributed by atoms with E-state index < -0.39 is 11.3 Å². The van der Waals surface area contributed by atoms with Crippen LogP contribution in [0.1, 0.15) is 41.5 Å². The van der Waals surface area contributed by atoms with Crippen molar-refractivity contribution in [3.63, 3.8) is 0 Å². The summed E-state index contributed by atoms with van der Waals surface area (Å²) in [6, 6.07) is 1.63. The zero-order valence-corrected chi connectivity index (χ0v) is 18.4.